The molecule has 0 bridgehead atoms. The van der Waals surface area contributed by atoms with Crippen molar-refractivity contribution in [2.24, 2.45) is 5.84 Å². The van der Waals surface area contributed by atoms with E-state index < -0.39 is 0 Å². The third kappa shape index (κ3) is 1.89. The molecule has 9 heavy (non-hydrogen) atoms. The molecule has 0 aromatic heterocycles. The van der Waals surface area contributed by atoms with Gasteiger partial charge in [0.2, 0.25) is 0 Å². The normalized spacial score (nSPS) is 19.6. The van der Waals surface area contributed by atoms with E-state index in [9.17, 15) is 0 Å². The van der Waals surface area contributed by atoms with E-state index in [1.807, 2.05) is 7.05 Å². The Hall–Kier alpha value is -0.770. The van der Waals surface area contributed by atoms with Crippen LogP contribution in [0.25, 0.3) is 0 Å². The summed E-state index contributed by atoms with van der Waals surface area (Å²) in [4.78, 5) is 2.89. The predicted molar refractivity (Wildman–Crippen MR) is 35.4 cm³/mol. The van der Waals surface area contributed by atoms with Crippen molar-refractivity contribution < 1.29 is 4.99 Å². The average Bonchev–Trinajstić information content (AvgIpc) is 2.66. The Morgan fingerprint density at radius 1 is 1.67 bits per heavy atom. The number of hydrazine groups is 1. The third-order valence-corrected chi connectivity index (χ3v) is 1.32. The summed E-state index contributed by atoms with van der Waals surface area (Å²) in [5.41, 5.74) is 2.52. The van der Waals surface area contributed by atoms with E-state index in [2.05, 4.69) is 15.7 Å². The SMILES string of the molecule is C[NH+]=C(NN)NC1CC1. The van der Waals surface area contributed by atoms with Gasteiger partial charge in [0, 0.05) is 0 Å². The Morgan fingerprint density at radius 3 is 2.67 bits per heavy atom. The average molecular weight is 129 g/mol. The Balaban J connectivity index is 2.21. The highest BCUT2D eigenvalue weighted by Crippen LogP contribution is 2.17. The highest BCUT2D eigenvalue weighted by atomic mass is 15.3. The van der Waals surface area contributed by atoms with Crippen LogP contribution in [0.4, 0.5) is 0 Å². The van der Waals surface area contributed by atoms with E-state index in [-0.39, 0.29) is 0 Å². The van der Waals surface area contributed by atoms with Crippen molar-refractivity contribution in [3.8, 4) is 0 Å². The molecule has 0 aliphatic heterocycles. The van der Waals surface area contributed by atoms with Crippen LogP contribution in [-0.2, 0) is 0 Å². The van der Waals surface area contributed by atoms with E-state index in [0.717, 1.165) is 5.96 Å². The second-order valence-corrected chi connectivity index (χ2v) is 2.19. The van der Waals surface area contributed by atoms with Crippen LogP contribution in [-0.4, -0.2) is 19.0 Å². The molecule has 0 atom stereocenters. The smallest absolute Gasteiger partial charge is 0.279 e. The van der Waals surface area contributed by atoms with Crippen molar-refractivity contribution in [3.05, 3.63) is 0 Å². The number of rotatable bonds is 1. The topological polar surface area (TPSA) is 64.0 Å². The van der Waals surface area contributed by atoms with Crippen molar-refractivity contribution in [2.45, 2.75) is 18.9 Å². The Bertz CT molecular complexity index is 116. The lowest BCUT2D eigenvalue weighted by molar-refractivity contribution is -0.425. The molecular weight excluding hydrogens is 116 g/mol. The number of nitrogens with one attached hydrogen (secondary N) is 3. The van der Waals surface area contributed by atoms with Gasteiger partial charge in [0.1, 0.15) is 0 Å². The van der Waals surface area contributed by atoms with Gasteiger partial charge in [0.15, 0.2) is 0 Å². The van der Waals surface area contributed by atoms with Crippen molar-refractivity contribution >= 4 is 5.96 Å². The highest BCUT2D eigenvalue weighted by Gasteiger charge is 2.26. The summed E-state index contributed by atoms with van der Waals surface area (Å²) in [5.74, 6) is 5.95. The van der Waals surface area contributed by atoms with Gasteiger partial charge in [-0.25, -0.2) is 5.43 Å². The fourth-order valence-corrected chi connectivity index (χ4v) is 0.618. The van der Waals surface area contributed by atoms with Gasteiger partial charge in [-0.3, -0.25) is 10.3 Å². The zero-order chi connectivity index (χ0) is 6.69. The second-order valence-electron chi connectivity index (χ2n) is 2.19. The number of hydrogen-bond donors (Lipinski definition) is 4. The Kier molecular flexibility index (Phi) is 1.89. The molecular formula is C5H13N4+. The largest absolute Gasteiger partial charge is 0.360 e. The quantitative estimate of drug-likeness (QED) is 0.134. The van der Waals surface area contributed by atoms with Crippen LogP contribution in [0.15, 0.2) is 0 Å². The first-order valence-electron chi connectivity index (χ1n) is 3.14. The summed E-state index contributed by atoms with van der Waals surface area (Å²) >= 11 is 0. The summed E-state index contributed by atoms with van der Waals surface area (Å²) in [7, 11) is 1.82. The molecule has 5 N–H and O–H groups in total. The van der Waals surface area contributed by atoms with E-state index >= 15 is 0 Å². The minimum atomic E-state index is 0.642. The summed E-state index contributed by atoms with van der Waals surface area (Å²) in [6.45, 7) is 0. The molecule has 52 valence electrons. The molecule has 0 saturated heterocycles. The minimum Gasteiger partial charge on any atom is -0.279 e. The van der Waals surface area contributed by atoms with Crippen molar-refractivity contribution in [3.63, 3.8) is 0 Å². The van der Waals surface area contributed by atoms with E-state index in [4.69, 9.17) is 5.84 Å². The lowest BCUT2D eigenvalue weighted by atomic mass is 10.7. The van der Waals surface area contributed by atoms with Gasteiger partial charge < -0.3 is 0 Å². The Morgan fingerprint density at radius 2 is 2.33 bits per heavy atom. The summed E-state index contributed by atoms with van der Waals surface area (Å²) in [6.07, 6.45) is 2.51. The van der Waals surface area contributed by atoms with Gasteiger partial charge in [-0.2, -0.15) is 5.84 Å². The first kappa shape index (κ1) is 6.35. The molecule has 0 heterocycles. The maximum absolute atomic E-state index is 5.15. The zero-order valence-electron chi connectivity index (χ0n) is 5.57. The first-order valence-corrected chi connectivity index (χ1v) is 3.14. The molecule has 1 aliphatic rings. The number of guanidine groups is 1. The van der Waals surface area contributed by atoms with Crippen LogP contribution in [0.3, 0.4) is 0 Å². The lowest BCUT2D eigenvalue weighted by Gasteiger charge is -1.96. The van der Waals surface area contributed by atoms with Gasteiger partial charge in [-0.05, 0) is 12.8 Å². The molecule has 0 aromatic rings. The maximum Gasteiger partial charge on any atom is 0.360 e. The van der Waals surface area contributed by atoms with Gasteiger partial charge in [0.25, 0.3) is 0 Å². The van der Waals surface area contributed by atoms with Crippen LogP contribution in [0.2, 0.25) is 0 Å². The first-order chi connectivity index (χ1) is 4.36. The summed E-state index contributed by atoms with van der Waals surface area (Å²) in [5, 5.41) is 3.16. The van der Waals surface area contributed by atoms with Crippen LogP contribution in [0.5, 0.6) is 0 Å². The van der Waals surface area contributed by atoms with Crippen molar-refractivity contribution in [1.82, 2.24) is 10.7 Å². The van der Waals surface area contributed by atoms with Crippen LogP contribution in [0, 0.1) is 0 Å². The molecule has 1 rings (SSSR count). The molecule has 1 aliphatic carbocycles. The molecule has 1 saturated carbocycles. The van der Waals surface area contributed by atoms with Crippen molar-refractivity contribution in [1.29, 1.82) is 0 Å². The van der Waals surface area contributed by atoms with Gasteiger partial charge in [0.05, 0.1) is 13.1 Å². The molecule has 0 radical (unpaired) electrons. The molecule has 0 unspecified atom stereocenters. The van der Waals surface area contributed by atoms with Crippen molar-refractivity contribution in [2.75, 3.05) is 7.05 Å². The fraction of sp³-hybridized carbons (Fsp3) is 0.800. The van der Waals surface area contributed by atoms with E-state index in [0.29, 0.717) is 6.04 Å². The van der Waals surface area contributed by atoms with Crippen LogP contribution >= 0.6 is 0 Å². The van der Waals surface area contributed by atoms with Crippen LogP contribution < -0.4 is 21.6 Å². The highest BCUT2D eigenvalue weighted by molar-refractivity contribution is 5.73. The molecule has 0 amide bonds. The lowest BCUT2D eigenvalue weighted by Crippen LogP contribution is -2.76. The second kappa shape index (κ2) is 2.68. The molecule has 0 aromatic carbocycles. The standard InChI is InChI=1S/C5H12N4/c1-7-5(9-6)8-4-2-3-4/h4H,2-3,6H2,1H3,(H2,7,8,9)/p+1. The van der Waals surface area contributed by atoms with Gasteiger partial charge in [-0.1, -0.05) is 0 Å². The van der Waals surface area contributed by atoms with E-state index in [1.54, 1.807) is 0 Å². The summed E-state index contributed by atoms with van der Waals surface area (Å²) in [6, 6.07) is 0.642. The number of nitrogens with two attached hydrogens (primary N) is 1. The predicted octanol–water partition coefficient (Wildman–Crippen LogP) is -2.73. The molecule has 4 heteroatoms. The summed E-state index contributed by atoms with van der Waals surface area (Å²) < 4.78 is 0. The van der Waals surface area contributed by atoms with Crippen LogP contribution in [0.1, 0.15) is 12.8 Å². The van der Waals surface area contributed by atoms with Gasteiger partial charge in [-0.15, -0.1) is 0 Å². The fourth-order valence-electron chi connectivity index (χ4n) is 0.618. The molecule has 4 nitrogen and oxygen atoms in total. The van der Waals surface area contributed by atoms with Gasteiger partial charge >= 0.3 is 5.96 Å². The van der Waals surface area contributed by atoms with E-state index in [1.165, 1.54) is 12.8 Å². The Labute approximate surface area is 54.5 Å². The molecule has 1 fully saturated rings. The maximum atomic E-state index is 5.15. The monoisotopic (exact) mass is 129 g/mol. The third-order valence-electron chi connectivity index (χ3n) is 1.32. The number of hydrogen-bond acceptors (Lipinski definition) is 1. The minimum absolute atomic E-state index is 0.642. The zero-order valence-corrected chi connectivity index (χ0v) is 5.57. The molecule has 0 spiro atoms.